The van der Waals surface area contributed by atoms with Gasteiger partial charge in [0.2, 0.25) is 0 Å². The SMILES string of the molecule is CCC(C)(C)CC(C)(C(=O)OCC(=O)OC(C)C(F)(F)F)C(C)(C)C. The molecule has 0 rings (SSSR count). The van der Waals surface area contributed by atoms with E-state index in [2.05, 4.69) is 4.74 Å². The summed E-state index contributed by atoms with van der Waals surface area (Å²) in [6.45, 7) is 13.4. The van der Waals surface area contributed by atoms with E-state index in [1.807, 2.05) is 41.5 Å². The van der Waals surface area contributed by atoms with E-state index in [1.165, 1.54) is 0 Å². The van der Waals surface area contributed by atoms with Crippen molar-refractivity contribution in [1.29, 1.82) is 0 Å². The lowest BCUT2D eigenvalue weighted by Crippen LogP contribution is -2.45. The average molecular weight is 368 g/mol. The minimum atomic E-state index is -4.65. The predicted molar refractivity (Wildman–Crippen MR) is 88.8 cm³/mol. The van der Waals surface area contributed by atoms with E-state index in [-0.39, 0.29) is 5.41 Å². The second-order valence-electron chi connectivity index (χ2n) is 8.53. The summed E-state index contributed by atoms with van der Waals surface area (Å²) in [7, 11) is 0. The molecule has 0 aromatic heterocycles. The van der Waals surface area contributed by atoms with Crippen LogP contribution in [0.1, 0.15) is 68.2 Å². The Labute approximate surface area is 148 Å². The van der Waals surface area contributed by atoms with Crippen molar-refractivity contribution in [2.24, 2.45) is 16.2 Å². The summed E-state index contributed by atoms with van der Waals surface area (Å²) in [6.07, 6.45) is -5.53. The van der Waals surface area contributed by atoms with Crippen LogP contribution in [-0.2, 0) is 19.1 Å². The van der Waals surface area contributed by atoms with Gasteiger partial charge in [-0.15, -0.1) is 0 Å². The number of alkyl halides is 3. The van der Waals surface area contributed by atoms with Gasteiger partial charge in [-0.3, -0.25) is 4.79 Å². The smallest absolute Gasteiger partial charge is 0.425 e. The first-order valence-corrected chi connectivity index (χ1v) is 8.40. The number of rotatable bonds is 7. The number of esters is 2. The van der Waals surface area contributed by atoms with E-state index in [0.29, 0.717) is 6.42 Å². The van der Waals surface area contributed by atoms with Crippen LogP contribution in [0.3, 0.4) is 0 Å². The molecule has 2 unspecified atom stereocenters. The second kappa shape index (κ2) is 7.96. The summed E-state index contributed by atoms with van der Waals surface area (Å²) in [4.78, 5) is 24.2. The maximum Gasteiger partial charge on any atom is 0.425 e. The zero-order valence-electron chi connectivity index (χ0n) is 16.5. The van der Waals surface area contributed by atoms with Gasteiger partial charge in [-0.25, -0.2) is 4.79 Å². The highest BCUT2D eigenvalue weighted by molar-refractivity contribution is 5.81. The Hall–Kier alpha value is -1.27. The van der Waals surface area contributed by atoms with Crippen LogP contribution >= 0.6 is 0 Å². The van der Waals surface area contributed by atoms with Crippen molar-refractivity contribution >= 4 is 11.9 Å². The number of ether oxygens (including phenoxy) is 2. The van der Waals surface area contributed by atoms with E-state index in [1.54, 1.807) is 6.92 Å². The Morgan fingerprint density at radius 1 is 1.00 bits per heavy atom. The molecule has 0 aromatic carbocycles. The molecule has 0 saturated heterocycles. The van der Waals surface area contributed by atoms with Crippen LogP contribution in [0.4, 0.5) is 13.2 Å². The lowest BCUT2D eigenvalue weighted by molar-refractivity contribution is -0.218. The van der Waals surface area contributed by atoms with Gasteiger partial charge in [0.15, 0.2) is 12.7 Å². The van der Waals surface area contributed by atoms with Gasteiger partial charge >= 0.3 is 18.1 Å². The molecule has 148 valence electrons. The molecule has 0 spiro atoms. The molecule has 0 saturated carbocycles. The van der Waals surface area contributed by atoms with Gasteiger partial charge in [0.25, 0.3) is 0 Å². The van der Waals surface area contributed by atoms with Crippen molar-refractivity contribution in [3.05, 3.63) is 0 Å². The Morgan fingerprint density at radius 2 is 1.48 bits per heavy atom. The van der Waals surface area contributed by atoms with Crippen LogP contribution < -0.4 is 0 Å². The molecule has 0 heterocycles. The molecule has 0 fully saturated rings. The fourth-order valence-electron chi connectivity index (χ4n) is 2.31. The van der Waals surface area contributed by atoms with Crippen LogP contribution in [0.15, 0.2) is 0 Å². The van der Waals surface area contributed by atoms with Gasteiger partial charge in [-0.2, -0.15) is 13.2 Å². The molecule has 0 amide bonds. The summed E-state index contributed by atoms with van der Waals surface area (Å²) in [5.74, 6) is -1.83. The average Bonchev–Trinajstić information content (AvgIpc) is 2.41. The molecule has 0 aromatic rings. The lowest BCUT2D eigenvalue weighted by Gasteiger charge is -2.44. The van der Waals surface area contributed by atoms with Crippen LogP contribution in [0.25, 0.3) is 0 Å². The van der Waals surface area contributed by atoms with Crippen molar-refractivity contribution in [2.45, 2.75) is 80.5 Å². The highest BCUT2D eigenvalue weighted by atomic mass is 19.4. The highest BCUT2D eigenvalue weighted by Crippen LogP contribution is 2.48. The van der Waals surface area contributed by atoms with Gasteiger partial charge in [0, 0.05) is 0 Å². The number of halogens is 3. The first kappa shape index (κ1) is 23.7. The zero-order valence-corrected chi connectivity index (χ0v) is 16.5. The minimum absolute atomic E-state index is 0.133. The summed E-state index contributed by atoms with van der Waals surface area (Å²) in [5, 5.41) is 0. The van der Waals surface area contributed by atoms with E-state index >= 15 is 0 Å². The standard InChI is InChI=1S/C18H31F3O4/c1-9-16(6,7)11-17(8,15(3,4)5)14(23)24-10-13(22)25-12(2)18(19,20)21/h12H,9-11H2,1-8H3. The lowest BCUT2D eigenvalue weighted by atomic mass is 9.60. The number of carbonyl (C=O) groups excluding carboxylic acids is 2. The van der Waals surface area contributed by atoms with E-state index in [9.17, 15) is 22.8 Å². The van der Waals surface area contributed by atoms with Gasteiger partial charge in [-0.05, 0) is 31.1 Å². The molecule has 0 bridgehead atoms. The molecular weight excluding hydrogens is 337 g/mol. The summed E-state index contributed by atoms with van der Waals surface area (Å²) in [5.41, 5.74) is -1.49. The number of carbonyl (C=O) groups is 2. The molecule has 0 aliphatic carbocycles. The number of hydrogen-bond acceptors (Lipinski definition) is 4. The zero-order chi connectivity index (χ0) is 20.3. The maximum atomic E-state index is 12.6. The third-order valence-corrected chi connectivity index (χ3v) is 4.99. The third kappa shape index (κ3) is 6.86. The topological polar surface area (TPSA) is 52.6 Å². The van der Waals surface area contributed by atoms with E-state index in [0.717, 1.165) is 13.3 Å². The first-order valence-electron chi connectivity index (χ1n) is 8.40. The molecule has 0 N–H and O–H groups in total. The molecular formula is C18H31F3O4. The fraction of sp³-hybridized carbons (Fsp3) is 0.889. The highest BCUT2D eigenvalue weighted by Gasteiger charge is 2.48. The Kier molecular flexibility index (Phi) is 7.55. The van der Waals surface area contributed by atoms with Gasteiger partial charge in [-0.1, -0.05) is 48.0 Å². The second-order valence-corrected chi connectivity index (χ2v) is 8.53. The van der Waals surface area contributed by atoms with Gasteiger partial charge in [0.1, 0.15) is 0 Å². The minimum Gasteiger partial charge on any atom is -0.453 e. The van der Waals surface area contributed by atoms with Crippen molar-refractivity contribution in [3.63, 3.8) is 0 Å². The monoisotopic (exact) mass is 368 g/mol. The molecule has 0 radical (unpaired) electrons. The van der Waals surface area contributed by atoms with Crippen molar-refractivity contribution < 1.29 is 32.2 Å². The summed E-state index contributed by atoms with van der Waals surface area (Å²) >= 11 is 0. The quantitative estimate of drug-likeness (QED) is 0.600. The van der Waals surface area contributed by atoms with Crippen molar-refractivity contribution in [2.75, 3.05) is 6.61 Å². The van der Waals surface area contributed by atoms with Crippen molar-refractivity contribution in [3.8, 4) is 0 Å². The van der Waals surface area contributed by atoms with Crippen LogP contribution in [-0.4, -0.2) is 30.8 Å². The van der Waals surface area contributed by atoms with Crippen LogP contribution in [0, 0.1) is 16.2 Å². The third-order valence-electron chi connectivity index (χ3n) is 4.99. The van der Waals surface area contributed by atoms with Gasteiger partial charge in [0.05, 0.1) is 5.41 Å². The van der Waals surface area contributed by atoms with E-state index in [4.69, 9.17) is 4.74 Å². The summed E-state index contributed by atoms with van der Waals surface area (Å²) in [6, 6.07) is 0. The molecule has 25 heavy (non-hydrogen) atoms. The Morgan fingerprint density at radius 3 is 1.84 bits per heavy atom. The molecule has 0 aliphatic rings. The predicted octanol–water partition coefficient (Wildman–Crippen LogP) is 4.90. The van der Waals surface area contributed by atoms with Gasteiger partial charge < -0.3 is 9.47 Å². The first-order chi connectivity index (χ1) is 11.0. The summed E-state index contributed by atoms with van der Waals surface area (Å²) < 4.78 is 46.4. The normalized spacial score (nSPS) is 16.8. The Bertz CT molecular complexity index is 478. The van der Waals surface area contributed by atoms with Crippen LogP contribution in [0.2, 0.25) is 0 Å². The molecule has 7 heteroatoms. The maximum absolute atomic E-state index is 12.6. The van der Waals surface area contributed by atoms with Crippen molar-refractivity contribution in [1.82, 2.24) is 0 Å². The van der Waals surface area contributed by atoms with E-state index < -0.39 is 41.7 Å². The largest absolute Gasteiger partial charge is 0.453 e. The Balaban J connectivity index is 5.05. The molecule has 0 aliphatic heterocycles. The molecule has 2 atom stereocenters. The number of hydrogen-bond donors (Lipinski definition) is 0. The van der Waals surface area contributed by atoms with Crippen LogP contribution in [0.5, 0.6) is 0 Å². The fourth-order valence-corrected chi connectivity index (χ4v) is 2.31. The molecule has 4 nitrogen and oxygen atoms in total.